The molecular weight excluding hydrogens is 828 g/mol. The molecule has 3 aromatic rings. The molecule has 3 aliphatic heterocycles. The van der Waals surface area contributed by atoms with Crippen LogP contribution in [0.15, 0.2) is 111 Å². The molecule has 0 saturated carbocycles. The molecule has 3 aromatic carbocycles. The number of esters is 3. The fourth-order valence-electron chi connectivity index (χ4n) is 5.86. The highest BCUT2D eigenvalue weighted by Crippen LogP contribution is 2.36. The van der Waals surface area contributed by atoms with Gasteiger partial charge in [0.2, 0.25) is 0 Å². The molecule has 3 aliphatic rings. The molecule has 0 aliphatic carbocycles. The van der Waals surface area contributed by atoms with Crippen molar-refractivity contribution in [2.75, 3.05) is 13.2 Å². The highest BCUT2D eigenvalue weighted by molar-refractivity contribution is 9.11. The number of hydrogen-bond donors (Lipinski definition) is 0. The summed E-state index contributed by atoms with van der Waals surface area (Å²) in [6, 6.07) is 20.5. The summed E-state index contributed by atoms with van der Waals surface area (Å²) in [6.07, 6.45) is 5.35. The first-order valence-corrected chi connectivity index (χ1v) is 18.2. The zero-order chi connectivity index (χ0) is 34.3. The van der Waals surface area contributed by atoms with Crippen LogP contribution in [0.2, 0.25) is 0 Å². The number of carbonyl (C=O) groups excluding carboxylic acids is 3. The number of halogens is 3. The standard InChI is InChI=1S/C37H33Br3O9/c38-25-12-6-22(7-13-25)35(41)45-21-29(47-36(42)23-8-14-26(39)15-9-23)19-18-28-3-1-4-31-33(46-28)34(32-30(48-31)5-2-20-44-32)49-37(43)24-10-16-27(40)17-11-24/h1,3,6-19,28-34H,2,4-5,20-21H2/b19-18+/t28-,29-,30-,31+,32-,33+,34+/m0/s1. The van der Waals surface area contributed by atoms with Crippen molar-refractivity contribution in [2.45, 2.75) is 62.0 Å². The number of benzene rings is 3. The van der Waals surface area contributed by atoms with E-state index in [-0.39, 0.29) is 18.8 Å². The predicted molar refractivity (Wildman–Crippen MR) is 190 cm³/mol. The Hall–Kier alpha value is -3.13. The van der Waals surface area contributed by atoms with Crippen molar-refractivity contribution in [3.05, 3.63) is 127 Å². The molecule has 2 fully saturated rings. The van der Waals surface area contributed by atoms with E-state index in [9.17, 15) is 14.4 Å². The Morgan fingerprint density at radius 2 is 1.35 bits per heavy atom. The highest BCUT2D eigenvalue weighted by Gasteiger charge is 2.51. The zero-order valence-electron chi connectivity index (χ0n) is 26.1. The Balaban J connectivity index is 1.20. The first-order valence-electron chi connectivity index (χ1n) is 15.9. The van der Waals surface area contributed by atoms with Gasteiger partial charge < -0.3 is 28.4 Å². The highest BCUT2D eigenvalue weighted by atomic mass is 79.9. The van der Waals surface area contributed by atoms with Crippen LogP contribution in [0, 0.1) is 0 Å². The molecule has 2 saturated heterocycles. The van der Waals surface area contributed by atoms with Crippen molar-refractivity contribution in [1.29, 1.82) is 0 Å². The normalized spacial score (nSPS) is 25.4. The van der Waals surface area contributed by atoms with E-state index in [1.165, 1.54) is 0 Å². The van der Waals surface area contributed by atoms with Crippen LogP contribution < -0.4 is 0 Å². The second kappa shape index (κ2) is 16.7. The molecule has 9 nitrogen and oxygen atoms in total. The Bertz CT molecular complexity index is 1670. The van der Waals surface area contributed by atoms with E-state index in [2.05, 4.69) is 47.8 Å². The molecular formula is C37H33Br3O9. The molecule has 256 valence electrons. The summed E-state index contributed by atoms with van der Waals surface area (Å²) in [5, 5.41) is 0. The molecule has 3 heterocycles. The molecule has 0 radical (unpaired) electrons. The second-order valence-corrected chi connectivity index (χ2v) is 14.5. The molecule has 0 unspecified atom stereocenters. The van der Waals surface area contributed by atoms with Gasteiger partial charge in [-0.05, 0) is 98.1 Å². The molecule has 49 heavy (non-hydrogen) atoms. The van der Waals surface area contributed by atoms with E-state index in [1.54, 1.807) is 84.9 Å². The van der Waals surface area contributed by atoms with Crippen LogP contribution in [0.25, 0.3) is 0 Å². The van der Waals surface area contributed by atoms with Gasteiger partial charge in [0, 0.05) is 20.0 Å². The number of carbonyl (C=O) groups is 3. The molecule has 0 amide bonds. The Morgan fingerprint density at radius 3 is 1.98 bits per heavy atom. The van der Waals surface area contributed by atoms with Crippen molar-refractivity contribution < 1.29 is 42.8 Å². The van der Waals surface area contributed by atoms with Gasteiger partial charge in [-0.2, -0.15) is 0 Å². The predicted octanol–water partition coefficient (Wildman–Crippen LogP) is 7.80. The third-order valence-electron chi connectivity index (χ3n) is 8.32. The number of rotatable bonds is 9. The molecule has 0 bridgehead atoms. The summed E-state index contributed by atoms with van der Waals surface area (Å²) in [6.45, 7) is 0.296. The van der Waals surface area contributed by atoms with Crippen LogP contribution in [0.4, 0.5) is 0 Å². The van der Waals surface area contributed by atoms with E-state index >= 15 is 0 Å². The number of hydrogen-bond acceptors (Lipinski definition) is 9. The third-order valence-corrected chi connectivity index (χ3v) is 9.90. The van der Waals surface area contributed by atoms with Crippen LogP contribution in [0.1, 0.15) is 50.3 Å². The van der Waals surface area contributed by atoms with Gasteiger partial charge in [-0.15, -0.1) is 0 Å². The van der Waals surface area contributed by atoms with Crippen LogP contribution in [0.5, 0.6) is 0 Å². The summed E-state index contributed by atoms with van der Waals surface area (Å²) in [7, 11) is 0. The third kappa shape index (κ3) is 9.36. The summed E-state index contributed by atoms with van der Waals surface area (Å²) >= 11 is 10.1. The minimum atomic E-state index is -0.939. The maximum absolute atomic E-state index is 13.3. The van der Waals surface area contributed by atoms with Gasteiger partial charge in [-0.1, -0.05) is 66.0 Å². The first-order chi connectivity index (χ1) is 23.7. The monoisotopic (exact) mass is 858 g/mol. The van der Waals surface area contributed by atoms with E-state index in [0.29, 0.717) is 29.7 Å². The van der Waals surface area contributed by atoms with E-state index in [4.69, 9.17) is 28.4 Å². The fraction of sp³-hybridized carbons (Fsp3) is 0.324. The van der Waals surface area contributed by atoms with E-state index < -0.39 is 48.4 Å². The van der Waals surface area contributed by atoms with Crippen molar-refractivity contribution in [3.8, 4) is 0 Å². The van der Waals surface area contributed by atoms with Gasteiger partial charge in [0.25, 0.3) is 0 Å². The maximum atomic E-state index is 13.3. The molecule has 0 spiro atoms. The molecule has 0 N–H and O–H groups in total. The van der Waals surface area contributed by atoms with Crippen LogP contribution in [-0.4, -0.2) is 73.8 Å². The molecule has 6 rings (SSSR count). The van der Waals surface area contributed by atoms with Gasteiger partial charge in [-0.25, -0.2) is 14.4 Å². The Labute approximate surface area is 309 Å². The average Bonchev–Trinajstić information content (AvgIpc) is 3.32. The van der Waals surface area contributed by atoms with Crippen molar-refractivity contribution in [1.82, 2.24) is 0 Å². The van der Waals surface area contributed by atoms with Crippen LogP contribution >= 0.6 is 47.8 Å². The van der Waals surface area contributed by atoms with E-state index in [1.807, 2.05) is 12.2 Å². The summed E-state index contributed by atoms with van der Waals surface area (Å²) in [4.78, 5) is 39.2. The minimum Gasteiger partial charge on any atom is -0.458 e. The maximum Gasteiger partial charge on any atom is 0.338 e. The zero-order valence-corrected chi connectivity index (χ0v) is 30.9. The second-order valence-electron chi connectivity index (χ2n) is 11.7. The molecule has 12 heteroatoms. The summed E-state index contributed by atoms with van der Waals surface area (Å²) in [5.74, 6) is -1.62. The van der Waals surface area contributed by atoms with Gasteiger partial charge in [-0.3, -0.25) is 0 Å². The van der Waals surface area contributed by atoms with Crippen molar-refractivity contribution in [2.24, 2.45) is 0 Å². The van der Waals surface area contributed by atoms with Crippen molar-refractivity contribution in [3.63, 3.8) is 0 Å². The molecule has 7 atom stereocenters. The average molecular weight is 861 g/mol. The minimum absolute atomic E-state index is 0.232. The SMILES string of the molecule is O=C(OC[C@H](/C=C/[C@@H]1C=CC[C@H]2O[C@H]3CCCO[C@@H]3[C@@H](OC(=O)c3ccc(Br)cc3)[C@@H]2O1)OC(=O)c1ccc(Br)cc1)c1ccc(Br)cc1. The number of ether oxygens (including phenoxy) is 6. The number of fused-ring (bicyclic) bond motifs is 2. The van der Waals surface area contributed by atoms with E-state index in [0.717, 1.165) is 26.3 Å². The summed E-state index contributed by atoms with van der Waals surface area (Å²) < 4.78 is 39.1. The van der Waals surface area contributed by atoms with Crippen LogP contribution in [-0.2, 0) is 28.4 Å². The lowest BCUT2D eigenvalue weighted by Crippen LogP contribution is -2.61. The first kappa shape index (κ1) is 35.7. The summed E-state index contributed by atoms with van der Waals surface area (Å²) in [5.41, 5.74) is 1.11. The molecule has 0 aromatic heterocycles. The lowest BCUT2D eigenvalue weighted by molar-refractivity contribution is -0.258. The van der Waals surface area contributed by atoms with Crippen LogP contribution in [0.3, 0.4) is 0 Å². The quantitative estimate of drug-likeness (QED) is 0.121. The topological polar surface area (TPSA) is 107 Å². The smallest absolute Gasteiger partial charge is 0.338 e. The van der Waals surface area contributed by atoms with Gasteiger partial charge in [0.15, 0.2) is 12.2 Å². The van der Waals surface area contributed by atoms with Gasteiger partial charge >= 0.3 is 17.9 Å². The lowest BCUT2D eigenvalue weighted by Gasteiger charge is -2.47. The Morgan fingerprint density at radius 1 is 0.755 bits per heavy atom. The van der Waals surface area contributed by atoms with Gasteiger partial charge in [0.1, 0.15) is 18.8 Å². The van der Waals surface area contributed by atoms with Crippen molar-refractivity contribution >= 4 is 65.7 Å². The fourth-order valence-corrected chi connectivity index (χ4v) is 6.65. The largest absolute Gasteiger partial charge is 0.458 e. The Kier molecular flexibility index (Phi) is 12.2. The van der Waals surface area contributed by atoms with Gasteiger partial charge in [0.05, 0.1) is 35.0 Å². The lowest BCUT2D eigenvalue weighted by atomic mass is 9.89.